The van der Waals surface area contributed by atoms with Gasteiger partial charge in [0.25, 0.3) is 0 Å². The summed E-state index contributed by atoms with van der Waals surface area (Å²) < 4.78 is 1.97. The molecule has 0 spiro atoms. The summed E-state index contributed by atoms with van der Waals surface area (Å²) in [4.78, 5) is 15.4. The average Bonchev–Trinajstić information content (AvgIpc) is 3.42. The third-order valence-corrected chi connectivity index (χ3v) is 7.75. The average molecular weight is 478 g/mol. The van der Waals surface area contributed by atoms with E-state index in [-0.39, 0.29) is 11.8 Å². The fourth-order valence-electron chi connectivity index (χ4n) is 5.74. The van der Waals surface area contributed by atoms with Gasteiger partial charge in [-0.1, -0.05) is 90.1 Å². The van der Waals surface area contributed by atoms with E-state index in [0.717, 1.165) is 49.3 Å². The molecule has 0 aliphatic carbocycles. The van der Waals surface area contributed by atoms with Crippen LogP contribution in [-0.4, -0.2) is 44.9 Å². The fourth-order valence-corrected chi connectivity index (χ4v) is 5.74. The lowest BCUT2D eigenvalue weighted by atomic mass is 9.75. The molecule has 1 N–H and O–H groups in total. The molecule has 1 unspecified atom stereocenters. The summed E-state index contributed by atoms with van der Waals surface area (Å²) in [5.74, 6) is 0.700. The standard InChI is InChI=1S/C30H31N5O/c36-30(31-18-22-7-3-1-4-8-22)28-20-34-16-15-26(28)17-27(34)19-35-21-29(32-33-35)25-13-11-24(12-14-25)23-9-5-2-6-10-23/h1-14,21,26-28H,15-20H2,(H,31,36)/t26-,27+,28-/m0/s1. The van der Waals surface area contributed by atoms with Gasteiger partial charge in [-0.05, 0) is 42.0 Å². The first-order valence-corrected chi connectivity index (χ1v) is 12.8. The highest BCUT2D eigenvalue weighted by Crippen LogP contribution is 2.37. The number of nitrogens with zero attached hydrogens (tertiary/aromatic N) is 4. The second kappa shape index (κ2) is 10.1. The SMILES string of the molecule is O=C(NCc1ccccc1)[C@H]1CN2CC[C@H]1C[C@@H]2Cn1cc(-c2ccc(-c3ccccc3)cc2)nn1. The van der Waals surface area contributed by atoms with Gasteiger partial charge in [-0.2, -0.15) is 0 Å². The van der Waals surface area contributed by atoms with E-state index in [2.05, 4.69) is 81.2 Å². The third-order valence-electron chi connectivity index (χ3n) is 7.75. The van der Waals surface area contributed by atoms with Gasteiger partial charge in [-0.15, -0.1) is 5.10 Å². The zero-order valence-electron chi connectivity index (χ0n) is 20.3. The maximum Gasteiger partial charge on any atom is 0.224 e. The number of hydrogen-bond acceptors (Lipinski definition) is 4. The van der Waals surface area contributed by atoms with Crippen molar-refractivity contribution in [2.75, 3.05) is 13.1 Å². The first-order valence-electron chi connectivity index (χ1n) is 12.8. The molecule has 7 rings (SSSR count). The number of hydrogen-bond donors (Lipinski definition) is 1. The number of benzene rings is 3. The summed E-state index contributed by atoms with van der Waals surface area (Å²) in [6.07, 6.45) is 4.17. The van der Waals surface area contributed by atoms with Gasteiger partial charge in [0, 0.05) is 24.7 Å². The lowest BCUT2D eigenvalue weighted by Gasteiger charge is -2.49. The van der Waals surface area contributed by atoms with Crippen LogP contribution in [0.5, 0.6) is 0 Å². The molecule has 3 saturated heterocycles. The lowest BCUT2D eigenvalue weighted by molar-refractivity contribution is -0.133. The molecular weight excluding hydrogens is 446 g/mol. The summed E-state index contributed by atoms with van der Waals surface area (Å²) in [6, 6.07) is 29.4. The fraction of sp³-hybridized carbons (Fsp3) is 0.300. The minimum Gasteiger partial charge on any atom is -0.352 e. The smallest absolute Gasteiger partial charge is 0.224 e. The Morgan fingerprint density at radius 1 is 0.889 bits per heavy atom. The molecule has 6 nitrogen and oxygen atoms in total. The van der Waals surface area contributed by atoms with E-state index in [4.69, 9.17) is 0 Å². The number of piperidine rings is 3. The Bertz CT molecular complexity index is 1300. The highest BCUT2D eigenvalue weighted by molar-refractivity contribution is 5.79. The van der Waals surface area contributed by atoms with E-state index < -0.39 is 0 Å². The maximum absolute atomic E-state index is 12.9. The first kappa shape index (κ1) is 22.7. The van der Waals surface area contributed by atoms with Gasteiger partial charge >= 0.3 is 0 Å². The summed E-state index contributed by atoms with van der Waals surface area (Å²) in [7, 11) is 0. The Kier molecular flexibility index (Phi) is 6.35. The number of carbonyl (C=O) groups is 1. The Balaban J connectivity index is 1.06. The second-order valence-corrected chi connectivity index (χ2v) is 10.0. The highest BCUT2D eigenvalue weighted by atomic mass is 16.1. The third kappa shape index (κ3) is 4.82. The maximum atomic E-state index is 12.9. The predicted molar refractivity (Wildman–Crippen MR) is 141 cm³/mol. The molecule has 4 aromatic rings. The molecule has 4 heterocycles. The number of fused-ring (bicyclic) bond motifs is 3. The van der Waals surface area contributed by atoms with E-state index in [1.165, 1.54) is 11.1 Å². The highest BCUT2D eigenvalue weighted by Gasteiger charge is 2.43. The Morgan fingerprint density at radius 2 is 1.58 bits per heavy atom. The van der Waals surface area contributed by atoms with E-state index in [1.54, 1.807) is 0 Å². The van der Waals surface area contributed by atoms with Crippen LogP contribution in [0.15, 0.2) is 91.1 Å². The molecule has 3 fully saturated rings. The molecule has 2 bridgehead atoms. The van der Waals surface area contributed by atoms with Crippen molar-refractivity contribution in [3.63, 3.8) is 0 Å². The zero-order chi connectivity index (χ0) is 24.3. The van der Waals surface area contributed by atoms with Crippen LogP contribution in [0.25, 0.3) is 22.4 Å². The quantitative estimate of drug-likeness (QED) is 0.421. The topological polar surface area (TPSA) is 63.1 Å². The van der Waals surface area contributed by atoms with Crippen LogP contribution >= 0.6 is 0 Å². The summed E-state index contributed by atoms with van der Waals surface area (Å²) >= 11 is 0. The van der Waals surface area contributed by atoms with Crippen LogP contribution < -0.4 is 5.32 Å². The van der Waals surface area contributed by atoms with Gasteiger partial charge in [0.2, 0.25) is 5.91 Å². The van der Waals surface area contributed by atoms with Gasteiger partial charge in [0.05, 0.1) is 18.7 Å². The lowest BCUT2D eigenvalue weighted by Crippen LogP contribution is -2.57. The molecule has 6 heteroatoms. The molecule has 0 saturated carbocycles. The van der Waals surface area contributed by atoms with Gasteiger partial charge in [0.1, 0.15) is 5.69 Å². The van der Waals surface area contributed by atoms with Crippen LogP contribution in [-0.2, 0) is 17.9 Å². The summed E-state index contributed by atoms with van der Waals surface area (Å²) in [6.45, 7) is 3.29. The molecule has 1 aromatic heterocycles. The molecule has 182 valence electrons. The van der Waals surface area contributed by atoms with Crippen molar-refractivity contribution in [3.05, 3.63) is 96.7 Å². The number of amides is 1. The molecular formula is C30H31N5O. The minimum atomic E-state index is 0.0770. The van der Waals surface area contributed by atoms with Crippen LogP contribution in [0.3, 0.4) is 0 Å². The van der Waals surface area contributed by atoms with E-state index in [0.29, 0.717) is 18.5 Å². The van der Waals surface area contributed by atoms with Crippen molar-refractivity contribution in [1.29, 1.82) is 0 Å². The largest absolute Gasteiger partial charge is 0.352 e. The molecule has 36 heavy (non-hydrogen) atoms. The summed E-state index contributed by atoms with van der Waals surface area (Å²) in [5, 5.41) is 12.0. The monoisotopic (exact) mass is 477 g/mol. The van der Waals surface area contributed by atoms with Crippen molar-refractivity contribution in [1.82, 2.24) is 25.2 Å². The molecule has 4 atom stereocenters. The summed E-state index contributed by atoms with van der Waals surface area (Å²) in [5.41, 5.74) is 5.51. The molecule has 3 aromatic carbocycles. The van der Waals surface area contributed by atoms with Gasteiger partial charge in [0.15, 0.2) is 0 Å². The number of rotatable bonds is 7. The van der Waals surface area contributed by atoms with Crippen molar-refractivity contribution < 1.29 is 4.79 Å². The molecule has 1 amide bonds. The second-order valence-electron chi connectivity index (χ2n) is 10.0. The number of aromatic nitrogens is 3. The van der Waals surface area contributed by atoms with Crippen LogP contribution in [0.1, 0.15) is 18.4 Å². The van der Waals surface area contributed by atoms with Crippen LogP contribution in [0.4, 0.5) is 0 Å². The normalized spacial score (nSPS) is 22.9. The first-order chi connectivity index (χ1) is 17.7. The number of carbonyl (C=O) groups excluding carboxylic acids is 1. The van der Waals surface area contributed by atoms with Crippen LogP contribution in [0, 0.1) is 11.8 Å². The van der Waals surface area contributed by atoms with Gasteiger partial charge in [-0.25, -0.2) is 0 Å². The van der Waals surface area contributed by atoms with Gasteiger partial charge in [-0.3, -0.25) is 14.4 Å². The van der Waals surface area contributed by atoms with Crippen molar-refractivity contribution >= 4 is 5.91 Å². The zero-order valence-corrected chi connectivity index (χ0v) is 20.3. The molecule has 3 aliphatic heterocycles. The Hall–Kier alpha value is -3.77. The molecule has 0 radical (unpaired) electrons. The van der Waals surface area contributed by atoms with E-state index >= 15 is 0 Å². The van der Waals surface area contributed by atoms with Crippen molar-refractivity contribution in [3.8, 4) is 22.4 Å². The predicted octanol–water partition coefficient (Wildman–Crippen LogP) is 4.64. The Morgan fingerprint density at radius 3 is 2.31 bits per heavy atom. The van der Waals surface area contributed by atoms with Gasteiger partial charge < -0.3 is 5.32 Å². The number of nitrogens with one attached hydrogen (secondary N) is 1. The van der Waals surface area contributed by atoms with Crippen molar-refractivity contribution in [2.24, 2.45) is 11.8 Å². The van der Waals surface area contributed by atoms with E-state index in [1.807, 2.05) is 35.1 Å². The van der Waals surface area contributed by atoms with E-state index in [9.17, 15) is 4.79 Å². The van der Waals surface area contributed by atoms with Crippen LogP contribution in [0.2, 0.25) is 0 Å². The minimum absolute atomic E-state index is 0.0770. The van der Waals surface area contributed by atoms with Crippen molar-refractivity contribution in [2.45, 2.75) is 32.0 Å². The molecule has 3 aliphatic rings. The Labute approximate surface area is 212 Å².